The van der Waals surface area contributed by atoms with Crippen molar-refractivity contribution in [2.24, 2.45) is 0 Å². The van der Waals surface area contributed by atoms with E-state index in [1.165, 1.54) is 0 Å². The first-order valence-electron chi connectivity index (χ1n) is 11.7. The van der Waals surface area contributed by atoms with Crippen molar-refractivity contribution >= 4 is 26.1 Å². The van der Waals surface area contributed by atoms with Crippen LogP contribution < -0.4 is 9.47 Å². The molecule has 0 saturated carbocycles. The van der Waals surface area contributed by atoms with Crippen LogP contribution in [0.5, 0.6) is 17.2 Å². The number of H-pyrrole nitrogens is 1. The maximum absolute atomic E-state index is 13.5. The van der Waals surface area contributed by atoms with Gasteiger partial charge in [0.15, 0.2) is 0 Å². The van der Waals surface area contributed by atoms with Gasteiger partial charge in [0.25, 0.3) is 0 Å². The van der Waals surface area contributed by atoms with Crippen molar-refractivity contribution in [2.75, 3.05) is 6.61 Å². The number of nitrogens with zero attached hydrogens (tertiary/aromatic N) is 3. The summed E-state index contributed by atoms with van der Waals surface area (Å²) in [6, 6.07) is 21.4. The molecule has 0 bridgehead atoms. The summed E-state index contributed by atoms with van der Waals surface area (Å²) in [6.45, 7) is 0.359. The molecule has 0 fully saturated rings. The Kier molecular flexibility index (Phi) is 7.63. The molecule has 3 aromatic carbocycles. The van der Waals surface area contributed by atoms with Crippen molar-refractivity contribution in [3.05, 3.63) is 101 Å². The molecule has 187 valence electrons. The second kappa shape index (κ2) is 11.4. The second-order valence-electron chi connectivity index (χ2n) is 8.38. The van der Waals surface area contributed by atoms with Gasteiger partial charge in [0.2, 0.25) is 0 Å². The van der Waals surface area contributed by atoms with E-state index in [-0.39, 0.29) is 15.0 Å². The Morgan fingerprint density at radius 1 is 1.08 bits per heavy atom. The van der Waals surface area contributed by atoms with Gasteiger partial charge >= 0.3 is 215 Å². The number of hydrogen-bond donors (Lipinski definition) is 3. The summed E-state index contributed by atoms with van der Waals surface area (Å²) in [5.41, 5.74) is 2.23. The molecule has 1 aromatic heterocycles. The molecule has 1 radical (unpaired) electrons. The number of aromatic hydroxyl groups is 1. The first-order chi connectivity index (χ1) is 18.1. The quantitative estimate of drug-likeness (QED) is 0.198. The number of phenolic OH excluding ortho intramolecular Hbond substituents is 1. The van der Waals surface area contributed by atoms with E-state index in [4.69, 9.17) is 9.47 Å². The molecule has 0 aliphatic carbocycles. The molecule has 0 spiro atoms. The standard InChI is InChI=1S/C27H24AsN4O5/c33-18-13-11-17(12-14-18)22(34)8-5-15-36-23-9-3-2-7-20(23)26(35)28-21-16-25(27-29-31-32-30-27)37-24-10-4-1-6-19(21)24/h1-4,6-7,9-14,16,21-22,33-34H,5,8,15H2,(H,29,30,31,32). The van der Waals surface area contributed by atoms with Crippen molar-refractivity contribution in [3.8, 4) is 17.2 Å². The van der Waals surface area contributed by atoms with E-state index >= 15 is 0 Å². The van der Waals surface area contributed by atoms with E-state index in [1.807, 2.05) is 42.5 Å². The number of phenols is 1. The zero-order valence-electron chi connectivity index (χ0n) is 19.7. The number of ether oxygens (including phenoxy) is 2. The van der Waals surface area contributed by atoms with Crippen LogP contribution in [0.15, 0.2) is 78.9 Å². The van der Waals surface area contributed by atoms with Crippen LogP contribution in [-0.4, -0.2) is 57.8 Å². The SMILES string of the molecule is O=C([As]C1C=C(c2nn[nH]n2)Oc2ccccc21)c1ccccc1OCCCC(O)c1ccc(O)cc1. The summed E-state index contributed by atoms with van der Waals surface area (Å²) >= 11 is -0.850. The fourth-order valence-electron chi connectivity index (χ4n) is 3.98. The van der Waals surface area contributed by atoms with Crippen molar-refractivity contribution in [1.29, 1.82) is 0 Å². The second-order valence-corrected chi connectivity index (χ2v) is 10.9. The Hall–Kier alpha value is -3.94. The van der Waals surface area contributed by atoms with E-state index in [9.17, 15) is 15.0 Å². The summed E-state index contributed by atoms with van der Waals surface area (Å²) in [6.07, 6.45) is 2.33. The molecule has 0 amide bonds. The molecule has 37 heavy (non-hydrogen) atoms. The number of aliphatic hydroxyl groups is 1. The maximum atomic E-state index is 13.5. The van der Waals surface area contributed by atoms with Gasteiger partial charge in [0, 0.05) is 0 Å². The third kappa shape index (κ3) is 5.90. The average molecular weight is 559 g/mol. The zero-order chi connectivity index (χ0) is 25.6. The Morgan fingerprint density at radius 3 is 2.68 bits per heavy atom. The van der Waals surface area contributed by atoms with Gasteiger partial charge < -0.3 is 5.11 Å². The molecule has 2 unspecified atom stereocenters. The van der Waals surface area contributed by atoms with Gasteiger partial charge in [-0.15, -0.1) is 0 Å². The third-order valence-electron chi connectivity index (χ3n) is 5.86. The van der Waals surface area contributed by atoms with Gasteiger partial charge in [-0.2, -0.15) is 0 Å². The molecule has 1 aliphatic heterocycles. The Bertz CT molecular complexity index is 1390. The molecular formula is C27H24AsN4O5. The Balaban J connectivity index is 1.25. The number of tetrazole rings is 1. The number of carbonyl (C=O) groups excluding carboxylic acids is 1. The van der Waals surface area contributed by atoms with Crippen LogP contribution >= 0.6 is 0 Å². The van der Waals surface area contributed by atoms with Gasteiger partial charge in [-0.05, 0) is 0 Å². The molecule has 2 heterocycles. The van der Waals surface area contributed by atoms with Crippen LogP contribution in [0.3, 0.4) is 0 Å². The summed E-state index contributed by atoms with van der Waals surface area (Å²) in [5.74, 6) is 2.18. The fourth-order valence-corrected chi connectivity index (χ4v) is 6.37. The average Bonchev–Trinajstić information content (AvgIpc) is 3.47. The van der Waals surface area contributed by atoms with Crippen LogP contribution in [0.4, 0.5) is 0 Å². The van der Waals surface area contributed by atoms with Gasteiger partial charge in [-0.3, -0.25) is 0 Å². The van der Waals surface area contributed by atoms with E-state index in [0.29, 0.717) is 48.1 Å². The van der Waals surface area contributed by atoms with Gasteiger partial charge in [-0.25, -0.2) is 0 Å². The molecule has 9 nitrogen and oxygen atoms in total. The summed E-state index contributed by atoms with van der Waals surface area (Å²) in [7, 11) is 0. The van der Waals surface area contributed by atoms with E-state index in [2.05, 4.69) is 20.6 Å². The third-order valence-corrected chi connectivity index (χ3v) is 8.34. The summed E-state index contributed by atoms with van der Waals surface area (Å²) in [4.78, 5) is 13.5. The Labute approximate surface area is 219 Å². The first kappa shape index (κ1) is 24.7. The molecular weight excluding hydrogens is 535 g/mol. The number of benzene rings is 3. The fraction of sp³-hybridized carbons (Fsp3) is 0.185. The molecule has 0 saturated heterocycles. The van der Waals surface area contributed by atoms with Crippen LogP contribution in [-0.2, 0) is 0 Å². The molecule has 10 heteroatoms. The number of rotatable bonds is 10. The van der Waals surface area contributed by atoms with E-state index < -0.39 is 21.9 Å². The van der Waals surface area contributed by atoms with Crippen LogP contribution in [0.25, 0.3) is 5.76 Å². The van der Waals surface area contributed by atoms with Crippen molar-refractivity contribution in [1.82, 2.24) is 20.6 Å². The topological polar surface area (TPSA) is 130 Å². The molecule has 3 N–H and O–H groups in total. The van der Waals surface area contributed by atoms with Crippen molar-refractivity contribution in [2.45, 2.75) is 23.7 Å². The predicted octanol–water partition coefficient (Wildman–Crippen LogP) is 3.82. The van der Waals surface area contributed by atoms with Gasteiger partial charge in [0.05, 0.1) is 0 Å². The minimum absolute atomic E-state index is 0.0291. The monoisotopic (exact) mass is 559 g/mol. The van der Waals surface area contributed by atoms with Crippen molar-refractivity contribution < 1.29 is 24.5 Å². The predicted molar refractivity (Wildman–Crippen MR) is 136 cm³/mol. The van der Waals surface area contributed by atoms with Gasteiger partial charge in [-0.1, -0.05) is 0 Å². The number of aromatic amines is 1. The number of para-hydroxylation sites is 2. The molecule has 2 atom stereocenters. The number of carbonyl (C=O) groups is 1. The molecule has 5 rings (SSSR count). The number of fused-ring (bicyclic) bond motifs is 1. The first-order valence-corrected chi connectivity index (χ1v) is 13.8. The molecule has 4 aromatic rings. The van der Waals surface area contributed by atoms with Crippen LogP contribution in [0, 0.1) is 0 Å². The summed E-state index contributed by atoms with van der Waals surface area (Å²) in [5, 5.41) is 33.9. The zero-order valence-corrected chi connectivity index (χ0v) is 21.6. The summed E-state index contributed by atoms with van der Waals surface area (Å²) < 4.78 is 11.8. The number of allylic oxidation sites excluding steroid dienone is 1. The Morgan fingerprint density at radius 2 is 1.86 bits per heavy atom. The van der Waals surface area contributed by atoms with Crippen molar-refractivity contribution in [3.63, 3.8) is 0 Å². The van der Waals surface area contributed by atoms with E-state index in [0.717, 1.165) is 11.1 Å². The number of aromatic nitrogens is 4. The number of aliphatic hydroxyl groups excluding tert-OH is 1. The number of nitrogens with one attached hydrogen (secondary N) is 1. The van der Waals surface area contributed by atoms with Crippen LogP contribution in [0.2, 0.25) is 0 Å². The molecule has 1 aliphatic rings. The van der Waals surface area contributed by atoms with Crippen LogP contribution in [0.1, 0.15) is 51.0 Å². The normalized spacial score (nSPS) is 15.6. The van der Waals surface area contributed by atoms with Gasteiger partial charge in [0.1, 0.15) is 0 Å². The van der Waals surface area contributed by atoms with E-state index in [1.54, 1.807) is 36.4 Å². The minimum atomic E-state index is -0.850. The number of hydrogen-bond acceptors (Lipinski definition) is 8.